The Hall–Kier alpha value is -3.74. The van der Waals surface area contributed by atoms with Crippen molar-refractivity contribution in [3.63, 3.8) is 0 Å². The molecule has 0 spiro atoms. The van der Waals surface area contributed by atoms with E-state index in [4.69, 9.17) is 4.42 Å². The minimum absolute atomic E-state index is 0.0445. The Morgan fingerprint density at radius 3 is 2.41 bits per heavy atom. The molecule has 2 fully saturated rings. The number of hydrogen-bond acceptors (Lipinski definition) is 9. The van der Waals surface area contributed by atoms with Crippen LogP contribution in [0.25, 0.3) is 0 Å². The zero-order valence-corrected chi connectivity index (χ0v) is 24.4. The molecule has 0 unspecified atom stereocenters. The molecule has 1 aromatic heterocycles. The third kappa shape index (κ3) is 7.32. The molecule has 1 atom stereocenters. The molecule has 1 aliphatic heterocycles. The number of amides is 5. The molecule has 1 saturated heterocycles. The maximum atomic E-state index is 13.8. The van der Waals surface area contributed by atoms with Crippen LogP contribution in [0.3, 0.4) is 0 Å². The van der Waals surface area contributed by atoms with Crippen molar-refractivity contribution in [2.75, 3.05) is 25.9 Å². The van der Waals surface area contributed by atoms with Crippen molar-refractivity contribution in [3.05, 3.63) is 41.8 Å². The number of carbonyl (C=O) groups is 5. The van der Waals surface area contributed by atoms with Crippen LogP contribution in [0, 0.1) is 5.92 Å². The van der Waals surface area contributed by atoms with E-state index in [1.807, 2.05) is 19.9 Å². The second-order valence-corrected chi connectivity index (χ2v) is 11.9. The number of likely N-dealkylation sites (N-methyl/N-ethyl adjacent to an activating group) is 1. The van der Waals surface area contributed by atoms with Crippen LogP contribution in [0.1, 0.15) is 73.4 Å². The largest absolute Gasteiger partial charge is 0.408 e. The van der Waals surface area contributed by atoms with Gasteiger partial charge in [0.1, 0.15) is 12.1 Å². The number of nitrogens with zero attached hydrogens (tertiary/aromatic N) is 4. The first-order valence-electron chi connectivity index (χ1n) is 13.8. The smallest absolute Gasteiger partial charge is 0.326 e. The number of benzene rings is 1. The van der Waals surface area contributed by atoms with Crippen molar-refractivity contribution in [1.82, 2.24) is 30.6 Å². The lowest BCUT2D eigenvalue weighted by Crippen LogP contribution is -2.62. The molecule has 0 bridgehead atoms. The van der Waals surface area contributed by atoms with E-state index in [9.17, 15) is 24.0 Å². The quantitative estimate of drug-likeness (QED) is 0.218. The first kappa shape index (κ1) is 30.2. The van der Waals surface area contributed by atoms with Gasteiger partial charge in [-0.25, -0.2) is 4.79 Å². The Bertz CT molecular complexity index is 1280. The van der Waals surface area contributed by atoms with Gasteiger partial charge >= 0.3 is 6.03 Å². The third-order valence-electron chi connectivity index (χ3n) is 7.25. The summed E-state index contributed by atoms with van der Waals surface area (Å²) in [5.74, 6) is -1.39. The average Bonchev–Trinajstić information content (AvgIpc) is 3.52. The number of Topliss-reactive ketones (excluding diaryl/α,β-unsaturated/α-hetero) is 1. The van der Waals surface area contributed by atoms with Crippen LogP contribution in [-0.2, 0) is 9.59 Å². The van der Waals surface area contributed by atoms with E-state index in [-0.39, 0.29) is 48.0 Å². The first-order chi connectivity index (χ1) is 19.6. The minimum Gasteiger partial charge on any atom is -0.408 e. The molecule has 2 heterocycles. The number of nitrogens with one attached hydrogen (secondary N) is 2. The van der Waals surface area contributed by atoms with E-state index in [0.29, 0.717) is 30.6 Å². The molecule has 2 aromatic rings. The monoisotopic (exact) mass is 584 g/mol. The van der Waals surface area contributed by atoms with Crippen LogP contribution in [0.4, 0.5) is 4.79 Å². The van der Waals surface area contributed by atoms with Crippen molar-refractivity contribution in [2.24, 2.45) is 5.92 Å². The van der Waals surface area contributed by atoms with Crippen LogP contribution >= 0.6 is 11.8 Å². The molecule has 41 heavy (non-hydrogen) atoms. The van der Waals surface area contributed by atoms with Gasteiger partial charge in [0, 0.05) is 24.9 Å². The second kappa shape index (κ2) is 13.3. The van der Waals surface area contributed by atoms with E-state index in [2.05, 4.69) is 20.8 Å². The molecule has 13 heteroatoms. The molecule has 1 aliphatic carbocycles. The van der Waals surface area contributed by atoms with Gasteiger partial charge in [0.05, 0.1) is 6.04 Å². The van der Waals surface area contributed by atoms with Gasteiger partial charge in [-0.2, -0.15) is 0 Å². The van der Waals surface area contributed by atoms with Gasteiger partial charge in [-0.1, -0.05) is 63.1 Å². The van der Waals surface area contributed by atoms with Crippen molar-refractivity contribution < 1.29 is 28.4 Å². The van der Waals surface area contributed by atoms with Crippen LogP contribution in [0.5, 0.6) is 0 Å². The van der Waals surface area contributed by atoms with Crippen LogP contribution < -0.4 is 10.6 Å². The summed E-state index contributed by atoms with van der Waals surface area (Å²) >= 11 is 1.13. The number of carbonyl (C=O) groups excluding carboxylic acids is 5. The maximum Gasteiger partial charge on any atom is 0.326 e. The maximum absolute atomic E-state index is 13.8. The fourth-order valence-electron chi connectivity index (χ4n) is 5.07. The molecule has 0 radical (unpaired) electrons. The summed E-state index contributed by atoms with van der Waals surface area (Å²) in [5.41, 5.74) is -0.670. The fraction of sp³-hybridized carbons (Fsp3) is 0.536. The summed E-state index contributed by atoms with van der Waals surface area (Å²) in [6.07, 6.45) is 3.80. The zero-order valence-electron chi connectivity index (χ0n) is 23.6. The van der Waals surface area contributed by atoms with Gasteiger partial charge in [0.25, 0.3) is 17.0 Å². The normalized spacial score (nSPS) is 17.6. The lowest BCUT2D eigenvalue weighted by atomic mass is 9.80. The van der Waals surface area contributed by atoms with E-state index >= 15 is 0 Å². The molecule has 1 aromatic carbocycles. The highest BCUT2D eigenvalue weighted by Gasteiger charge is 2.43. The lowest BCUT2D eigenvalue weighted by Gasteiger charge is -2.37. The molecule has 12 nitrogen and oxygen atoms in total. The number of rotatable bonds is 12. The summed E-state index contributed by atoms with van der Waals surface area (Å²) < 4.78 is 5.59. The van der Waals surface area contributed by atoms with Gasteiger partial charge in [0.15, 0.2) is 0 Å². The van der Waals surface area contributed by atoms with Crippen molar-refractivity contribution >= 4 is 41.3 Å². The number of imide groups is 1. The van der Waals surface area contributed by atoms with Gasteiger partial charge in [0.2, 0.25) is 17.6 Å². The van der Waals surface area contributed by atoms with Gasteiger partial charge in [-0.3, -0.25) is 24.1 Å². The fourth-order valence-corrected chi connectivity index (χ4v) is 5.76. The molecule has 1 saturated carbocycles. The Morgan fingerprint density at radius 2 is 1.78 bits per heavy atom. The van der Waals surface area contributed by atoms with Crippen molar-refractivity contribution in [3.8, 4) is 0 Å². The van der Waals surface area contributed by atoms with E-state index in [1.165, 1.54) is 4.90 Å². The van der Waals surface area contributed by atoms with Crippen LogP contribution in [-0.4, -0.2) is 87.0 Å². The molecule has 4 rings (SSSR count). The van der Waals surface area contributed by atoms with Crippen molar-refractivity contribution in [1.29, 1.82) is 0 Å². The Kier molecular flexibility index (Phi) is 9.79. The Labute approximate surface area is 243 Å². The number of aromatic nitrogens is 2. The molecule has 5 amide bonds. The minimum atomic E-state index is -1.13. The molecule has 2 aliphatic rings. The Morgan fingerprint density at radius 1 is 1.07 bits per heavy atom. The highest BCUT2D eigenvalue weighted by molar-refractivity contribution is 7.99. The number of ketones is 1. The summed E-state index contributed by atoms with van der Waals surface area (Å²) in [7, 11) is 1.56. The third-order valence-corrected chi connectivity index (χ3v) is 8.05. The van der Waals surface area contributed by atoms with Gasteiger partial charge in [-0.15, -0.1) is 10.2 Å². The molecule has 220 valence electrons. The lowest BCUT2D eigenvalue weighted by molar-refractivity contribution is -0.129. The van der Waals surface area contributed by atoms with Crippen LogP contribution in [0.2, 0.25) is 0 Å². The predicted molar refractivity (Wildman–Crippen MR) is 150 cm³/mol. The van der Waals surface area contributed by atoms with E-state index < -0.39 is 23.3 Å². The predicted octanol–water partition coefficient (Wildman–Crippen LogP) is 2.90. The zero-order chi connectivity index (χ0) is 29.6. The summed E-state index contributed by atoms with van der Waals surface area (Å²) in [5, 5.41) is 13.8. The van der Waals surface area contributed by atoms with Gasteiger partial charge < -0.3 is 20.0 Å². The summed E-state index contributed by atoms with van der Waals surface area (Å²) in [6, 6.07) is 7.45. The number of thioether (sulfide) groups is 1. The van der Waals surface area contributed by atoms with Gasteiger partial charge in [-0.05, 0) is 37.3 Å². The van der Waals surface area contributed by atoms with Crippen LogP contribution in [0.15, 0.2) is 40.0 Å². The number of urea groups is 1. The molecular formula is C28H36N6O6S. The Balaban J connectivity index is 1.43. The standard InChI is InChI=1S/C28H36N6O6S/c1-18(2)16-20(22(36)24-31-32-26(40-24)41-15-14-34-21(35)17-33(3)27(34)39)29-25(38)28(12-8-5-9-13-28)30-23(37)19-10-6-4-7-11-19/h4,6-7,10-11,18,20H,5,8-9,12-17H2,1-3H3,(H,29,38)(H,30,37)/t20-/m0/s1. The average molecular weight is 585 g/mol. The second-order valence-electron chi connectivity index (χ2n) is 10.9. The van der Waals surface area contributed by atoms with E-state index in [0.717, 1.165) is 35.9 Å². The molecular weight excluding hydrogens is 548 g/mol. The summed E-state index contributed by atoms with van der Waals surface area (Å²) in [4.78, 5) is 66.7. The highest BCUT2D eigenvalue weighted by Crippen LogP contribution is 2.30. The first-order valence-corrected chi connectivity index (χ1v) is 14.8. The highest BCUT2D eigenvalue weighted by atomic mass is 32.2. The topological polar surface area (TPSA) is 155 Å². The van der Waals surface area contributed by atoms with Crippen molar-refractivity contribution in [2.45, 2.75) is 69.2 Å². The number of hydrogen-bond donors (Lipinski definition) is 2. The SMILES string of the molecule is CC(C)C[C@H](NC(=O)C1(NC(=O)c2ccccc2)CCCCC1)C(=O)c1nnc(SCCN2C(=O)CN(C)C2=O)o1. The summed E-state index contributed by atoms with van der Waals surface area (Å²) in [6.45, 7) is 4.09. The van der Waals surface area contributed by atoms with E-state index in [1.54, 1.807) is 31.3 Å². The molecule has 2 N–H and O–H groups in total.